The van der Waals surface area contributed by atoms with E-state index in [0.717, 1.165) is 25.7 Å². The molecule has 4 aliphatic carbocycles. The Hall–Kier alpha value is -2.29. The molecule has 1 aromatic rings. The Kier molecular flexibility index (Phi) is 8.04. The number of aliphatic hydroxyl groups excluding tert-OH is 4. The minimum atomic E-state index is -1.95. The van der Waals surface area contributed by atoms with Crippen LogP contribution < -0.4 is 10.1 Å². The molecule has 6 fully saturated rings. The van der Waals surface area contributed by atoms with Crippen LogP contribution in [0.4, 0.5) is 0 Å². The summed E-state index contributed by atoms with van der Waals surface area (Å²) in [5.74, 6) is -1.73. The standard InChI is InChI=1S/C31H43NO11/c1-16(34)29(14-25(38-3)26(32-17(2)35)28(41-29)27(37)24(36)15-33)40-23-7-5-6-20(13-23)31(39-4)30(42-43-31)21-9-18-8-19(11-21)12-22(30)10-18/h5-7,13,18-19,21-22,24-28,33-34,36-37H,1,8-12,14-15H2,2-4H3,(H,32,35)/t18?,19?,21?,22?,24-,25?,26?,27+,28?,29?,30?,31?/m1/s1. The fourth-order valence-corrected chi connectivity index (χ4v) is 8.82. The zero-order valence-corrected chi connectivity index (χ0v) is 24.8. The van der Waals surface area contributed by atoms with Gasteiger partial charge in [0, 0.05) is 33.1 Å². The minimum absolute atomic E-state index is 0.127. The van der Waals surface area contributed by atoms with Crippen LogP contribution in [0.2, 0.25) is 0 Å². The predicted molar refractivity (Wildman–Crippen MR) is 149 cm³/mol. The first-order valence-corrected chi connectivity index (χ1v) is 15.1. The van der Waals surface area contributed by atoms with Gasteiger partial charge in [0.1, 0.15) is 24.1 Å². The smallest absolute Gasteiger partial charge is 0.271 e. The highest BCUT2D eigenvalue weighted by molar-refractivity contribution is 5.73. The summed E-state index contributed by atoms with van der Waals surface area (Å²) in [5, 5.41) is 44.3. The van der Waals surface area contributed by atoms with Crippen LogP contribution in [-0.4, -0.2) is 89.0 Å². The van der Waals surface area contributed by atoms with Gasteiger partial charge in [-0.3, -0.25) is 4.79 Å². The fourth-order valence-electron chi connectivity index (χ4n) is 8.82. The third kappa shape index (κ3) is 4.69. The van der Waals surface area contributed by atoms with Gasteiger partial charge in [-0.05, 0) is 67.9 Å². The molecule has 7 rings (SSSR count). The second-order valence-corrected chi connectivity index (χ2v) is 12.9. The van der Waals surface area contributed by atoms with Crippen LogP contribution in [-0.2, 0) is 34.6 Å². The molecule has 2 saturated heterocycles. The molecule has 7 atom stereocenters. The quantitative estimate of drug-likeness (QED) is 0.195. The summed E-state index contributed by atoms with van der Waals surface area (Å²) in [4.78, 5) is 24.0. The molecular weight excluding hydrogens is 562 g/mol. The van der Waals surface area contributed by atoms with Crippen LogP contribution in [0.25, 0.3) is 0 Å². The van der Waals surface area contributed by atoms with E-state index < -0.39 is 65.9 Å². The molecule has 1 aromatic carbocycles. The Morgan fingerprint density at radius 1 is 1.12 bits per heavy atom. The molecule has 12 heteroatoms. The lowest BCUT2D eigenvalue weighted by atomic mass is 9.47. The van der Waals surface area contributed by atoms with Crippen LogP contribution in [0.5, 0.6) is 5.75 Å². The molecule has 4 bridgehead atoms. The third-order valence-corrected chi connectivity index (χ3v) is 10.5. The Morgan fingerprint density at radius 3 is 2.30 bits per heavy atom. The average molecular weight is 606 g/mol. The second-order valence-electron chi connectivity index (χ2n) is 12.9. The van der Waals surface area contributed by atoms with Crippen molar-refractivity contribution in [1.82, 2.24) is 5.32 Å². The Bertz CT molecular complexity index is 1190. The molecule has 238 valence electrons. The lowest BCUT2D eigenvalue weighted by molar-refractivity contribution is -0.645. The van der Waals surface area contributed by atoms with E-state index in [4.69, 9.17) is 28.7 Å². The highest BCUT2D eigenvalue weighted by Gasteiger charge is 2.76. The van der Waals surface area contributed by atoms with E-state index in [2.05, 4.69) is 11.9 Å². The largest absolute Gasteiger partial charge is 0.506 e. The lowest BCUT2D eigenvalue weighted by Gasteiger charge is -2.68. The molecule has 0 aromatic heterocycles. The van der Waals surface area contributed by atoms with Crippen LogP contribution in [0.15, 0.2) is 36.6 Å². The van der Waals surface area contributed by atoms with Crippen molar-refractivity contribution in [2.24, 2.45) is 23.7 Å². The first-order valence-electron chi connectivity index (χ1n) is 15.1. The van der Waals surface area contributed by atoms with Gasteiger partial charge in [0.05, 0.1) is 18.8 Å². The number of nitrogens with one attached hydrogen (secondary N) is 1. The highest BCUT2D eigenvalue weighted by Crippen LogP contribution is 2.69. The Labute approximate surface area is 250 Å². The normalized spacial score (nSPS) is 42.7. The van der Waals surface area contributed by atoms with Crippen molar-refractivity contribution in [2.45, 2.75) is 93.1 Å². The molecule has 0 radical (unpaired) electrons. The molecule has 1 spiro atoms. The average Bonchev–Trinajstić information content (AvgIpc) is 2.96. The number of ether oxygens (including phenoxy) is 4. The van der Waals surface area contributed by atoms with Crippen molar-refractivity contribution < 1.29 is 53.9 Å². The summed E-state index contributed by atoms with van der Waals surface area (Å²) in [6, 6.07) is 6.16. The van der Waals surface area contributed by atoms with Gasteiger partial charge in [-0.2, -0.15) is 4.89 Å². The molecule has 2 heterocycles. The van der Waals surface area contributed by atoms with Gasteiger partial charge in [0.2, 0.25) is 5.91 Å². The molecule has 5 unspecified atom stereocenters. The number of hydrogen-bond donors (Lipinski definition) is 5. The third-order valence-electron chi connectivity index (χ3n) is 10.5. The van der Waals surface area contributed by atoms with E-state index in [-0.39, 0.29) is 12.2 Å². The first kappa shape index (κ1) is 30.7. The predicted octanol–water partition coefficient (Wildman–Crippen LogP) is 1.81. The number of carbonyl (C=O) groups is 1. The zero-order chi connectivity index (χ0) is 30.7. The van der Waals surface area contributed by atoms with E-state index in [1.54, 1.807) is 25.3 Å². The van der Waals surface area contributed by atoms with Crippen LogP contribution in [0.1, 0.15) is 51.0 Å². The SMILES string of the molecule is C=C(O)C1(Oc2cccc(C3(OC)OOC34C3CC5CC(C3)CC4C5)c2)CC(OC)C(NC(C)=O)C([C@@H](O)[C@H](O)CO)O1. The number of amides is 1. The molecule has 6 aliphatic rings. The van der Waals surface area contributed by atoms with Crippen LogP contribution >= 0.6 is 0 Å². The Balaban J connectivity index is 1.33. The summed E-state index contributed by atoms with van der Waals surface area (Å²) in [7, 11) is 3.02. The maximum Gasteiger partial charge on any atom is 0.271 e. The highest BCUT2D eigenvalue weighted by atomic mass is 17.3. The molecular formula is C31H43NO11. The first-order chi connectivity index (χ1) is 20.5. The lowest BCUT2D eigenvalue weighted by Crippen LogP contribution is -2.76. The zero-order valence-electron chi connectivity index (χ0n) is 24.8. The van der Waals surface area contributed by atoms with E-state index in [0.29, 0.717) is 29.2 Å². The topological polar surface area (TPSA) is 165 Å². The fraction of sp³-hybridized carbons (Fsp3) is 0.710. The summed E-state index contributed by atoms with van der Waals surface area (Å²) < 4.78 is 24.4. The van der Waals surface area contributed by atoms with Crippen molar-refractivity contribution in [3.05, 3.63) is 42.2 Å². The van der Waals surface area contributed by atoms with Gasteiger partial charge < -0.3 is 44.7 Å². The van der Waals surface area contributed by atoms with Crippen molar-refractivity contribution in [2.75, 3.05) is 20.8 Å². The van der Waals surface area contributed by atoms with Crippen LogP contribution in [0.3, 0.4) is 0 Å². The van der Waals surface area contributed by atoms with E-state index in [9.17, 15) is 25.2 Å². The molecule has 12 nitrogen and oxygen atoms in total. The number of methoxy groups -OCH3 is 2. The van der Waals surface area contributed by atoms with Crippen molar-refractivity contribution in [3.63, 3.8) is 0 Å². The van der Waals surface area contributed by atoms with Gasteiger partial charge in [0.25, 0.3) is 11.6 Å². The second kappa shape index (κ2) is 11.3. The number of carbonyl (C=O) groups excluding carboxylic acids is 1. The number of hydrogen-bond acceptors (Lipinski definition) is 11. The monoisotopic (exact) mass is 605 g/mol. The maximum absolute atomic E-state index is 12.0. The van der Waals surface area contributed by atoms with Crippen LogP contribution in [0, 0.1) is 23.7 Å². The van der Waals surface area contributed by atoms with E-state index >= 15 is 0 Å². The molecule has 2 aliphatic heterocycles. The number of rotatable bonds is 10. The maximum atomic E-state index is 12.0. The number of aliphatic hydroxyl groups is 4. The van der Waals surface area contributed by atoms with E-state index in [1.165, 1.54) is 20.5 Å². The summed E-state index contributed by atoms with van der Waals surface area (Å²) in [5.41, 5.74) is 0.0721. The van der Waals surface area contributed by atoms with Gasteiger partial charge in [-0.15, -0.1) is 0 Å². The van der Waals surface area contributed by atoms with E-state index in [1.807, 2.05) is 6.07 Å². The Morgan fingerprint density at radius 2 is 1.79 bits per heavy atom. The van der Waals surface area contributed by atoms with Crippen molar-refractivity contribution in [3.8, 4) is 5.75 Å². The number of benzene rings is 1. The molecule has 1 amide bonds. The van der Waals surface area contributed by atoms with Gasteiger partial charge in [-0.1, -0.05) is 18.7 Å². The van der Waals surface area contributed by atoms with Gasteiger partial charge in [0.15, 0.2) is 11.4 Å². The molecule has 5 N–H and O–H groups in total. The van der Waals surface area contributed by atoms with Crippen molar-refractivity contribution in [1.29, 1.82) is 0 Å². The summed E-state index contributed by atoms with van der Waals surface area (Å²) in [6.45, 7) is 4.22. The minimum Gasteiger partial charge on any atom is -0.506 e. The van der Waals surface area contributed by atoms with Gasteiger partial charge in [-0.25, -0.2) is 4.89 Å². The summed E-state index contributed by atoms with van der Waals surface area (Å²) >= 11 is 0. The van der Waals surface area contributed by atoms with Gasteiger partial charge >= 0.3 is 0 Å². The molecule has 4 saturated carbocycles. The molecule has 43 heavy (non-hydrogen) atoms. The van der Waals surface area contributed by atoms with Crippen molar-refractivity contribution >= 4 is 5.91 Å². The summed E-state index contributed by atoms with van der Waals surface area (Å²) in [6.07, 6.45) is -0.0162.